The third kappa shape index (κ3) is 5.82. The van der Waals surface area contributed by atoms with Crippen LogP contribution in [0.25, 0.3) is 0 Å². The number of methoxy groups -OCH3 is 1. The van der Waals surface area contributed by atoms with Gasteiger partial charge in [-0.15, -0.1) is 0 Å². The van der Waals surface area contributed by atoms with Gasteiger partial charge in [0.1, 0.15) is 17.1 Å². The van der Waals surface area contributed by atoms with Gasteiger partial charge in [-0.05, 0) is 13.8 Å². The molecule has 0 rings (SSSR count). The molecule has 0 fully saturated rings. The largest absolute Gasteiger partial charge is 0.480 e. The number of hydrogen-bond acceptors (Lipinski definition) is 5. The highest BCUT2D eigenvalue weighted by Crippen LogP contribution is 1.99. The maximum absolute atomic E-state index is 11.3. The van der Waals surface area contributed by atoms with Crippen LogP contribution in [0.3, 0.4) is 0 Å². The van der Waals surface area contributed by atoms with E-state index in [4.69, 9.17) is 14.6 Å². The topological polar surface area (TPSA) is 89.9 Å². The number of aliphatic carboxylic acids is 1. The molecule has 0 spiro atoms. The summed E-state index contributed by atoms with van der Waals surface area (Å²) in [5.41, 5.74) is 0. The molecule has 0 heterocycles. The minimum atomic E-state index is -1.76. The van der Waals surface area contributed by atoms with Crippen molar-refractivity contribution in [2.75, 3.05) is 19.5 Å². The van der Waals surface area contributed by atoms with Crippen LogP contribution in [0.4, 0.5) is 0 Å². The van der Waals surface area contributed by atoms with E-state index in [0.717, 1.165) is 0 Å². The molecule has 6 nitrogen and oxygen atoms in total. The summed E-state index contributed by atoms with van der Waals surface area (Å²) >= 11 is 0. The highest BCUT2D eigenvalue weighted by molar-refractivity contribution is 7.87. The maximum atomic E-state index is 11.3. The molecule has 0 aromatic heterocycles. The lowest BCUT2D eigenvalue weighted by atomic mass is 10.4. The molecule has 94 valence electrons. The molecular weight excluding hydrogens is 236 g/mol. The van der Waals surface area contributed by atoms with Crippen LogP contribution in [0.2, 0.25) is 0 Å². The van der Waals surface area contributed by atoms with E-state index in [1.165, 1.54) is 14.0 Å². The van der Waals surface area contributed by atoms with Crippen LogP contribution in [-0.2, 0) is 29.9 Å². The van der Waals surface area contributed by atoms with Crippen LogP contribution in [0.15, 0.2) is 0 Å². The number of carboxylic acids is 1. The lowest BCUT2D eigenvalue weighted by Gasteiger charge is -2.12. The molecule has 1 N–H and O–H groups in total. The van der Waals surface area contributed by atoms with Crippen molar-refractivity contribution in [3.63, 3.8) is 0 Å². The number of carbonyl (C=O) groups is 2. The van der Waals surface area contributed by atoms with Gasteiger partial charge in [0, 0.05) is 17.9 Å². The molecule has 0 bridgehead atoms. The summed E-state index contributed by atoms with van der Waals surface area (Å²) in [4.78, 5) is 21.7. The molecule has 3 atom stereocenters. The molecule has 0 radical (unpaired) electrons. The van der Waals surface area contributed by atoms with Gasteiger partial charge in [-0.1, -0.05) is 0 Å². The van der Waals surface area contributed by atoms with E-state index in [1.54, 1.807) is 6.92 Å². The van der Waals surface area contributed by atoms with Crippen LogP contribution in [0.1, 0.15) is 13.8 Å². The van der Waals surface area contributed by atoms with Crippen LogP contribution >= 0.6 is 0 Å². The normalized spacial score (nSPS) is 16.2. The van der Waals surface area contributed by atoms with Gasteiger partial charge >= 0.3 is 11.9 Å². The second kappa shape index (κ2) is 7.34. The molecule has 16 heavy (non-hydrogen) atoms. The van der Waals surface area contributed by atoms with Crippen molar-refractivity contribution in [2.45, 2.75) is 25.2 Å². The Hall–Kier alpha value is -0.950. The van der Waals surface area contributed by atoms with Gasteiger partial charge in [0.2, 0.25) is 0 Å². The molecule has 0 aliphatic heterocycles. The van der Waals surface area contributed by atoms with Crippen molar-refractivity contribution >= 4 is 22.7 Å². The van der Waals surface area contributed by atoms with E-state index in [-0.39, 0.29) is 6.61 Å². The first-order chi connectivity index (χ1) is 7.38. The summed E-state index contributed by atoms with van der Waals surface area (Å²) in [6.45, 7) is 3.15. The van der Waals surface area contributed by atoms with Crippen molar-refractivity contribution in [3.05, 3.63) is 0 Å². The van der Waals surface area contributed by atoms with Crippen molar-refractivity contribution in [1.82, 2.24) is 0 Å². The summed E-state index contributed by atoms with van der Waals surface area (Å²) in [5.74, 6) is -2.30. The molecule has 0 aliphatic carbocycles. The van der Waals surface area contributed by atoms with E-state index >= 15 is 0 Å². The van der Waals surface area contributed by atoms with Gasteiger partial charge in [-0.25, -0.2) is 0 Å². The fourth-order valence-electron chi connectivity index (χ4n) is 0.881. The van der Waals surface area contributed by atoms with E-state index in [1.807, 2.05) is 0 Å². The molecule has 0 saturated carbocycles. The Kier molecular flexibility index (Phi) is 6.91. The zero-order chi connectivity index (χ0) is 12.7. The van der Waals surface area contributed by atoms with Gasteiger partial charge in [0.15, 0.2) is 0 Å². The molecular formula is C9H16O6S. The number of carbonyl (C=O) groups excluding carboxylic acids is 1. The predicted octanol–water partition coefficient (Wildman–Crippen LogP) is -0.214. The van der Waals surface area contributed by atoms with E-state index in [0.29, 0.717) is 0 Å². The third-order valence-electron chi connectivity index (χ3n) is 1.74. The summed E-state index contributed by atoms with van der Waals surface area (Å²) in [5, 5.41) is 7.49. The van der Waals surface area contributed by atoms with Gasteiger partial charge in [0.25, 0.3) is 0 Å². The highest BCUT2D eigenvalue weighted by Gasteiger charge is 2.22. The summed E-state index contributed by atoms with van der Waals surface area (Å²) in [6.07, 6.45) is -0.436. The molecule has 0 aromatic carbocycles. The first-order valence-electron chi connectivity index (χ1n) is 4.66. The van der Waals surface area contributed by atoms with Crippen LogP contribution < -0.4 is 0 Å². The van der Waals surface area contributed by atoms with Crippen molar-refractivity contribution < 1.29 is 28.4 Å². The zero-order valence-electron chi connectivity index (χ0n) is 9.47. The predicted molar refractivity (Wildman–Crippen MR) is 57.5 cm³/mol. The van der Waals surface area contributed by atoms with E-state index in [2.05, 4.69) is 0 Å². The van der Waals surface area contributed by atoms with Crippen LogP contribution in [-0.4, -0.2) is 52.1 Å². The Labute approximate surface area is 96.4 Å². The minimum Gasteiger partial charge on any atom is -0.480 e. The lowest BCUT2D eigenvalue weighted by molar-refractivity contribution is -0.147. The highest BCUT2D eigenvalue weighted by atomic mass is 32.2. The number of rotatable bonds is 7. The van der Waals surface area contributed by atoms with Gasteiger partial charge in [-0.2, -0.15) is 0 Å². The summed E-state index contributed by atoms with van der Waals surface area (Å²) in [7, 11) is -0.293. The number of hydrogen-bond donors (Lipinski definition) is 1. The Bertz CT molecular complexity index is 277. The van der Waals surface area contributed by atoms with Crippen LogP contribution in [0.5, 0.6) is 0 Å². The Morgan fingerprint density at radius 2 is 1.94 bits per heavy atom. The summed E-state index contributed by atoms with van der Waals surface area (Å²) in [6, 6.07) is 0. The van der Waals surface area contributed by atoms with Gasteiger partial charge < -0.3 is 14.6 Å². The Morgan fingerprint density at radius 3 is 2.38 bits per heavy atom. The second-order valence-corrected chi connectivity index (χ2v) is 5.02. The van der Waals surface area contributed by atoms with Crippen molar-refractivity contribution in [2.24, 2.45) is 0 Å². The molecule has 0 aliphatic rings. The standard InChI is InChI=1S/C9H16O6S/c1-6(4-14-3)15-8(10)5-16(13)7(2)9(11)12/h6-7H,4-5H2,1-3H3,(H,11,12). The van der Waals surface area contributed by atoms with Crippen molar-refractivity contribution in [3.8, 4) is 0 Å². The lowest BCUT2D eigenvalue weighted by Crippen LogP contribution is -2.29. The van der Waals surface area contributed by atoms with Gasteiger partial charge in [-0.3, -0.25) is 13.8 Å². The monoisotopic (exact) mass is 252 g/mol. The van der Waals surface area contributed by atoms with Crippen LogP contribution in [0, 0.1) is 0 Å². The molecule has 3 unspecified atom stereocenters. The Balaban J connectivity index is 4.05. The second-order valence-electron chi connectivity index (χ2n) is 3.26. The number of ether oxygens (including phenoxy) is 2. The fourth-order valence-corrected chi connectivity index (χ4v) is 1.66. The first-order valence-corrected chi connectivity index (χ1v) is 6.05. The zero-order valence-corrected chi connectivity index (χ0v) is 10.3. The average molecular weight is 252 g/mol. The first kappa shape index (κ1) is 15.0. The molecule has 7 heteroatoms. The van der Waals surface area contributed by atoms with Crippen molar-refractivity contribution in [1.29, 1.82) is 0 Å². The molecule has 0 amide bonds. The quantitative estimate of drug-likeness (QED) is 0.630. The average Bonchev–Trinajstić information content (AvgIpc) is 2.16. The van der Waals surface area contributed by atoms with E-state index in [9.17, 15) is 13.8 Å². The molecule has 0 saturated heterocycles. The minimum absolute atomic E-state index is 0.243. The number of esters is 1. The number of carboxylic acid groups (broad SMARTS) is 1. The SMILES string of the molecule is COCC(C)OC(=O)CS(=O)C(C)C(=O)O. The third-order valence-corrected chi connectivity index (χ3v) is 3.25. The van der Waals surface area contributed by atoms with Gasteiger partial charge in [0.05, 0.1) is 6.61 Å². The maximum Gasteiger partial charge on any atom is 0.318 e. The Morgan fingerprint density at radius 1 is 1.38 bits per heavy atom. The van der Waals surface area contributed by atoms with E-state index < -0.39 is 39.8 Å². The smallest absolute Gasteiger partial charge is 0.318 e. The fraction of sp³-hybridized carbons (Fsp3) is 0.778. The summed E-state index contributed by atoms with van der Waals surface area (Å²) < 4.78 is 20.9. The molecule has 0 aromatic rings.